The molecule has 0 saturated heterocycles. The van der Waals surface area contributed by atoms with Gasteiger partial charge in [-0.3, -0.25) is 0 Å². The Balaban J connectivity index is 3.09. The summed E-state index contributed by atoms with van der Waals surface area (Å²) in [5.74, 6) is 0.661. The van der Waals surface area contributed by atoms with E-state index in [0.717, 1.165) is 0 Å². The van der Waals surface area contributed by atoms with Gasteiger partial charge in [-0.25, -0.2) is 0 Å². The third-order valence-corrected chi connectivity index (χ3v) is 2.90. The van der Waals surface area contributed by atoms with Gasteiger partial charge in [-0.1, -0.05) is 58.7 Å². The molecule has 0 amide bonds. The second kappa shape index (κ2) is 5.95. The monoisotopic (exact) mass is 204 g/mol. The lowest BCUT2D eigenvalue weighted by Gasteiger charge is -2.17. The van der Waals surface area contributed by atoms with E-state index in [-0.39, 0.29) is 0 Å². The first-order chi connectivity index (χ1) is 7.20. The summed E-state index contributed by atoms with van der Waals surface area (Å²) >= 11 is 0. The maximum atomic E-state index is 2.31. The molecule has 0 radical (unpaired) electrons. The minimum Gasteiger partial charge on any atom is -0.0651 e. The maximum absolute atomic E-state index is 2.31. The molecule has 1 rings (SSSR count). The van der Waals surface area contributed by atoms with Crippen LogP contribution in [0, 0.1) is 0 Å². The fourth-order valence-electron chi connectivity index (χ4n) is 2.38. The molecule has 0 saturated carbocycles. The molecule has 0 N–H and O–H groups in total. The quantitative estimate of drug-likeness (QED) is 0.651. The van der Waals surface area contributed by atoms with Crippen LogP contribution in [-0.2, 0) is 12.8 Å². The second-order valence-corrected chi connectivity index (χ2v) is 4.64. The molecule has 84 valence electrons. The Labute approximate surface area is 94.7 Å². The first-order valence-electron chi connectivity index (χ1n) is 6.31. The van der Waals surface area contributed by atoms with Crippen molar-refractivity contribution in [2.45, 2.75) is 59.3 Å². The summed E-state index contributed by atoms with van der Waals surface area (Å²) in [5.41, 5.74) is 4.75. The predicted molar refractivity (Wildman–Crippen MR) is 68.5 cm³/mol. The van der Waals surface area contributed by atoms with E-state index in [4.69, 9.17) is 0 Å². The van der Waals surface area contributed by atoms with E-state index < -0.39 is 0 Å². The molecule has 1 aromatic rings. The lowest BCUT2D eigenvalue weighted by molar-refractivity contribution is 0.788. The zero-order valence-electron chi connectivity index (χ0n) is 10.6. The Hall–Kier alpha value is -0.780. The third kappa shape index (κ3) is 3.09. The van der Waals surface area contributed by atoms with Gasteiger partial charge >= 0.3 is 0 Å². The van der Waals surface area contributed by atoms with Crippen LogP contribution in [0.25, 0.3) is 0 Å². The Morgan fingerprint density at radius 2 is 1.40 bits per heavy atom. The summed E-state index contributed by atoms with van der Waals surface area (Å²) < 4.78 is 0. The van der Waals surface area contributed by atoms with Gasteiger partial charge in [0.1, 0.15) is 0 Å². The summed E-state index contributed by atoms with van der Waals surface area (Å²) in [6, 6.07) is 6.83. The molecule has 1 aromatic carbocycles. The molecule has 0 aliphatic heterocycles. The van der Waals surface area contributed by atoms with Crippen molar-refractivity contribution in [3.05, 3.63) is 34.9 Å². The first kappa shape index (κ1) is 12.3. The fourth-order valence-corrected chi connectivity index (χ4v) is 2.38. The Morgan fingerprint density at radius 1 is 0.933 bits per heavy atom. The SMILES string of the molecule is CCCc1cccc(CCC)c1C(C)C. The molecule has 0 heteroatoms. The van der Waals surface area contributed by atoms with Gasteiger partial charge in [-0.05, 0) is 35.4 Å². The fraction of sp³-hybridized carbons (Fsp3) is 0.600. The standard InChI is InChI=1S/C15H24/c1-5-8-13-10-7-11-14(9-6-2)15(13)12(3)4/h7,10-12H,5-6,8-9H2,1-4H3. The number of benzene rings is 1. The van der Waals surface area contributed by atoms with Crippen molar-refractivity contribution in [1.82, 2.24) is 0 Å². The van der Waals surface area contributed by atoms with E-state index in [2.05, 4.69) is 45.9 Å². The van der Waals surface area contributed by atoms with Gasteiger partial charge in [0.05, 0.1) is 0 Å². The van der Waals surface area contributed by atoms with Crippen LogP contribution in [0.15, 0.2) is 18.2 Å². The Bertz CT molecular complexity index is 273. The predicted octanol–water partition coefficient (Wildman–Crippen LogP) is 4.72. The number of aryl methyl sites for hydroxylation is 2. The minimum absolute atomic E-state index is 0.661. The van der Waals surface area contributed by atoms with Crippen LogP contribution in [0.5, 0.6) is 0 Å². The highest BCUT2D eigenvalue weighted by molar-refractivity contribution is 5.37. The lowest BCUT2D eigenvalue weighted by Crippen LogP contribution is -2.02. The van der Waals surface area contributed by atoms with Gasteiger partial charge in [0.15, 0.2) is 0 Å². The van der Waals surface area contributed by atoms with Gasteiger partial charge in [-0.15, -0.1) is 0 Å². The number of hydrogen-bond acceptors (Lipinski definition) is 0. The molecule has 0 fully saturated rings. The number of hydrogen-bond donors (Lipinski definition) is 0. The van der Waals surface area contributed by atoms with Crippen LogP contribution in [0.4, 0.5) is 0 Å². The minimum atomic E-state index is 0.661. The van der Waals surface area contributed by atoms with Gasteiger partial charge < -0.3 is 0 Å². The van der Waals surface area contributed by atoms with Gasteiger partial charge in [0, 0.05) is 0 Å². The van der Waals surface area contributed by atoms with Crippen molar-refractivity contribution in [1.29, 1.82) is 0 Å². The zero-order valence-corrected chi connectivity index (χ0v) is 10.6. The molecule has 15 heavy (non-hydrogen) atoms. The molecule has 0 aliphatic carbocycles. The van der Waals surface area contributed by atoms with Crippen molar-refractivity contribution in [3.8, 4) is 0 Å². The molecule has 0 aromatic heterocycles. The second-order valence-electron chi connectivity index (χ2n) is 4.64. The van der Waals surface area contributed by atoms with Crippen LogP contribution in [0.2, 0.25) is 0 Å². The molecular weight excluding hydrogens is 180 g/mol. The highest BCUT2D eigenvalue weighted by atomic mass is 14.1. The van der Waals surface area contributed by atoms with E-state index in [0.29, 0.717) is 5.92 Å². The van der Waals surface area contributed by atoms with Crippen molar-refractivity contribution < 1.29 is 0 Å². The molecular formula is C15H24. The largest absolute Gasteiger partial charge is 0.0651 e. The van der Waals surface area contributed by atoms with Crippen molar-refractivity contribution in [2.75, 3.05) is 0 Å². The molecule has 0 nitrogen and oxygen atoms in total. The lowest BCUT2D eigenvalue weighted by atomic mass is 9.88. The van der Waals surface area contributed by atoms with E-state index in [9.17, 15) is 0 Å². The Morgan fingerprint density at radius 3 is 1.73 bits per heavy atom. The van der Waals surface area contributed by atoms with E-state index in [1.54, 1.807) is 16.7 Å². The highest BCUT2D eigenvalue weighted by Crippen LogP contribution is 2.26. The van der Waals surface area contributed by atoms with E-state index in [1.165, 1.54) is 25.7 Å². The van der Waals surface area contributed by atoms with Gasteiger partial charge in [-0.2, -0.15) is 0 Å². The van der Waals surface area contributed by atoms with E-state index in [1.807, 2.05) is 0 Å². The van der Waals surface area contributed by atoms with Crippen LogP contribution < -0.4 is 0 Å². The first-order valence-corrected chi connectivity index (χ1v) is 6.31. The summed E-state index contributed by atoms with van der Waals surface area (Å²) in [7, 11) is 0. The normalized spacial score (nSPS) is 11.0. The van der Waals surface area contributed by atoms with Crippen LogP contribution >= 0.6 is 0 Å². The number of rotatable bonds is 5. The molecule has 0 bridgehead atoms. The highest BCUT2D eigenvalue weighted by Gasteiger charge is 2.10. The van der Waals surface area contributed by atoms with Crippen LogP contribution in [0.1, 0.15) is 63.1 Å². The smallest absolute Gasteiger partial charge is 0.0213 e. The summed E-state index contributed by atoms with van der Waals surface area (Å²) in [6.07, 6.45) is 4.95. The van der Waals surface area contributed by atoms with Crippen LogP contribution in [-0.4, -0.2) is 0 Å². The third-order valence-electron chi connectivity index (χ3n) is 2.90. The van der Waals surface area contributed by atoms with Crippen LogP contribution in [0.3, 0.4) is 0 Å². The molecule has 0 heterocycles. The molecule has 0 spiro atoms. The molecule has 0 atom stereocenters. The average Bonchev–Trinajstić information content (AvgIpc) is 2.18. The van der Waals surface area contributed by atoms with Gasteiger partial charge in [0.25, 0.3) is 0 Å². The van der Waals surface area contributed by atoms with Crippen molar-refractivity contribution in [2.24, 2.45) is 0 Å². The summed E-state index contributed by atoms with van der Waals surface area (Å²) in [5, 5.41) is 0. The van der Waals surface area contributed by atoms with Crippen molar-refractivity contribution >= 4 is 0 Å². The maximum Gasteiger partial charge on any atom is -0.0213 e. The van der Waals surface area contributed by atoms with Crippen molar-refractivity contribution in [3.63, 3.8) is 0 Å². The van der Waals surface area contributed by atoms with Gasteiger partial charge in [0.2, 0.25) is 0 Å². The molecule has 0 aliphatic rings. The molecule has 0 unspecified atom stereocenters. The summed E-state index contributed by atoms with van der Waals surface area (Å²) in [6.45, 7) is 9.15. The average molecular weight is 204 g/mol. The summed E-state index contributed by atoms with van der Waals surface area (Å²) in [4.78, 5) is 0. The van der Waals surface area contributed by atoms with E-state index >= 15 is 0 Å². The Kier molecular flexibility index (Phi) is 4.87. The zero-order chi connectivity index (χ0) is 11.3. The topological polar surface area (TPSA) is 0 Å².